The minimum atomic E-state index is -1.28. The van der Waals surface area contributed by atoms with Crippen LogP contribution in [0.2, 0.25) is 0 Å². The van der Waals surface area contributed by atoms with E-state index in [1.54, 1.807) is 18.2 Å². The number of pyridine rings is 1. The van der Waals surface area contributed by atoms with Gasteiger partial charge in [0.15, 0.2) is 11.6 Å². The zero-order valence-corrected chi connectivity index (χ0v) is 20.3. The second-order valence-electron chi connectivity index (χ2n) is 9.25. The number of fused-ring (bicyclic) bond motifs is 2. The molecule has 0 fully saturated rings. The lowest BCUT2D eigenvalue weighted by molar-refractivity contribution is 0.0924. The van der Waals surface area contributed by atoms with Crippen molar-refractivity contribution in [2.45, 2.75) is 18.9 Å². The summed E-state index contributed by atoms with van der Waals surface area (Å²) < 4.78 is 54.1. The van der Waals surface area contributed by atoms with Gasteiger partial charge in [0.05, 0.1) is 36.9 Å². The molecule has 0 saturated carbocycles. The summed E-state index contributed by atoms with van der Waals surface area (Å²) in [6, 6.07) is 13.8. The molecule has 6 rings (SSSR count). The molecule has 8 heteroatoms. The quantitative estimate of drug-likeness (QED) is 0.320. The van der Waals surface area contributed by atoms with E-state index in [1.165, 1.54) is 6.20 Å². The lowest BCUT2D eigenvalue weighted by Gasteiger charge is -2.27. The van der Waals surface area contributed by atoms with Gasteiger partial charge in [0, 0.05) is 46.3 Å². The lowest BCUT2D eigenvalue weighted by atomic mass is 9.90. The minimum absolute atomic E-state index is 0.233. The van der Waals surface area contributed by atoms with Gasteiger partial charge >= 0.3 is 0 Å². The molecule has 1 N–H and O–H groups in total. The molecular weight excluding hydrogens is 493 g/mol. The van der Waals surface area contributed by atoms with Gasteiger partial charge in [0.2, 0.25) is 0 Å². The van der Waals surface area contributed by atoms with Crippen LogP contribution in [0.25, 0.3) is 27.6 Å². The molecular formula is C30H23F3N2O3. The molecule has 1 atom stereocenters. The van der Waals surface area contributed by atoms with E-state index in [0.29, 0.717) is 60.8 Å². The highest BCUT2D eigenvalue weighted by Crippen LogP contribution is 2.38. The van der Waals surface area contributed by atoms with Gasteiger partial charge in [-0.1, -0.05) is 42.5 Å². The van der Waals surface area contributed by atoms with Gasteiger partial charge < -0.3 is 14.8 Å². The highest BCUT2D eigenvalue weighted by atomic mass is 19.2. The first-order chi connectivity index (χ1) is 18.5. The molecule has 1 amide bonds. The van der Waals surface area contributed by atoms with Crippen molar-refractivity contribution in [2.24, 2.45) is 0 Å². The fourth-order valence-corrected chi connectivity index (χ4v) is 5.19. The van der Waals surface area contributed by atoms with Crippen LogP contribution in [-0.4, -0.2) is 30.7 Å². The number of hydrogen-bond acceptors (Lipinski definition) is 4. The van der Waals surface area contributed by atoms with Crippen molar-refractivity contribution < 1.29 is 27.4 Å². The summed E-state index contributed by atoms with van der Waals surface area (Å²) in [5.41, 5.74) is 3.14. The molecule has 0 bridgehead atoms. The Kier molecular flexibility index (Phi) is 6.33. The van der Waals surface area contributed by atoms with Gasteiger partial charge in [-0.2, -0.15) is 0 Å². The van der Waals surface area contributed by atoms with Crippen LogP contribution in [0.3, 0.4) is 0 Å². The Labute approximate surface area is 216 Å². The van der Waals surface area contributed by atoms with Gasteiger partial charge in [-0.05, 0) is 24.1 Å². The number of carbonyl (C=O) groups excluding carboxylic acids is 1. The normalized spacial score (nSPS) is 16.9. The predicted molar refractivity (Wildman–Crippen MR) is 137 cm³/mol. The Morgan fingerprint density at radius 3 is 2.71 bits per heavy atom. The summed E-state index contributed by atoms with van der Waals surface area (Å²) in [6.07, 6.45) is 4.54. The third-order valence-electron chi connectivity index (χ3n) is 6.97. The van der Waals surface area contributed by atoms with Crippen LogP contribution in [0.4, 0.5) is 13.2 Å². The Morgan fingerprint density at radius 2 is 1.87 bits per heavy atom. The van der Waals surface area contributed by atoms with Crippen molar-refractivity contribution in [1.29, 1.82) is 0 Å². The summed E-state index contributed by atoms with van der Waals surface area (Å²) in [6.45, 7) is 1.34. The monoisotopic (exact) mass is 516 g/mol. The second kappa shape index (κ2) is 9.95. The second-order valence-corrected chi connectivity index (χ2v) is 9.25. The maximum atomic E-state index is 14.8. The molecule has 1 aromatic heterocycles. The fourth-order valence-electron chi connectivity index (χ4n) is 5.19. The summed E-state index contributed by atoms with van der Waals surface area (Å²) >= 11 is 0. The van der Waals surface area contributed by atoms with Crippen molar-refractivity contribution in [3.05, 3.63) is 101 Å². The van der Waals surface area contributed by atoms with Crippen LogP contribution in [0.1, 0.15) is 40.4 Å². The number of carbonyl (C=O) groups is 1. The molecule has 3 aromatic carbocycles. The number of benzene rings is 3. The maximum Gasteiger partial charge on any atom is 0.253 e. The Balaban J connectivity index is 1.49. The average molecular weight is 517 g/mol. The Morgan fingerprint density at radius 1 is 1.00 bits per heavy atom. The maximum absolute atomic E-state index is 14.8. The molecule has 0 unspecified atom stereocenters. The van der Waals surface area contributed by atoms with Crippen LogP contribution in [0, 0.1) is 17.5 Å². The van der Waals surface area contributed by atoms with Crippen LogP contribution in [-0.2, 0) is 4.74 Å². The van der Waals surface area contributed by atoms with Crippen molar-refractivity contribution >= 4 is 22.4 Å². The van der Waals surface area contributed by atoms with E-state index in [4.69, 9.17) is 9.47 Å². The van der Waals surface area contributed by atoms with Gasteiger partial charge in [-0.3, -0.25) is 9.78 Å². The summed E-state index contributed by atoms with van der Waals surface area (Å²) in [7, 11) is 0. The van der Waals surface area contributed by atoms with Crippen molar-refractivity contribution in [1.82, 2.24) is 10.3 Å². The molecule has 38 heavy (non-hydrogen) atoms. The molecule has 2 aliphatic heterocycles. The third kappa shape index (κ3) is 4.31. The summed E-state index contributed by atoms with van der Waals surface area (Å²) in [5.74, 6) is -2.90. The molecule has 0 aliphatic carbocycles. The standard InChI is InChI=1S/C30H23F3N2O3/c31-18-14-22(28(33)24(32)15-18)19-5-3-6-21-27(17-8-11-37-12-9-17)23(16-34-29(19)21)30(36)35-25-10-13-38-26-7-2-1-4-20(25)26/h1-8,14-16,25H,9-13H2,(H,35,36)/t25-/m0/s1. The average Bonchev–Trinajstić information content (AvgIpc) is 2.94. The van der Waals surface area contributed by atoms with E-state index >= 15 is 0 Å². The predicted octanol–water partition coefficient (Wildman–Crippen LogP) is 6.38. The van der Waals surface area contributed by atoms with E-state index in [1.807, 2.05) is 30.3 Å². The molecule has 0 radical (unpaired) electrons. The van der Waals surface area contributed by atoms with Gasteiger partial charge in [-0.15, -0.1) is 0 Å². The van der Waals surface area contributed by atoms with Crippen molar-refractivity contribution in [3.8, 4) is 16.9 Å². The van der Waals surface area contributed by atoms with Gasteiger partial charge in [0.1, 0.15) is 11.6 Å². The molecule has 5 nitrogen and oxygen atoms in total. The fraction of sp³-hybridized carbons (Fsp3) is 0.200. The molecule has 4 aromatic rings. The summed E-state index contributed by atoms with van der Waals surface area (Å²) in [5, 5.41) is 3.71. The highest BCUT2D eigenvalue weighted by molar-refractivity contribution is 6.08. The number of halogens is 3. The molecule has 3 heterocycles. The first-order valence-corrected chi connectivity index (χ1v) is 12.4. The van der Waals surface area contributed by atoms with Crippen LogP contribution in [0.5, 0.6) is 5.75 Å². The highest BCUT2D eigenvalue weighted by Gasteiger charge is 2.27. The van der Waals surface area contributed by atoms with E-state index in [9.17, 15) is 18.0 Å². The van der Waals surface area contributed by atoms with E-state index in [-0.39, 0.29) is 23.1 Å². The zero-order valence-electron chi connectivity index (χ0n) is 20.3. The third-order valence-corrected chi connectivity index (χ3v) is 6.97. The smallest absolute Gasteiger partial charge is 0.253 e. The Bertz CT molecular complexity index is 1600. The number of nitrogens with zero attached hydrogens (tertiary/aromatic N) is 1. The topological polar surface area (TPSA) is 60.5 Å². The number of amides is 1. The number of rotatable bonds is 4. The summed E-state index contributed by atoms with van der Waals surface area (Å²) in [4.78, 5) is 18.2. The SMILES string of the molecule is O=C(N[C@H]1CCOc2ccccc21)c1cnc2c(-c3cc(F)cc(F)c3F)cccc2c1C1=CCOCC1. The van der Waals surface area contributed by atoms with Crippen LogP contribution >= 0.6 is 0 Å². The number of nitrogens with one attached hydrogen (secondary N) is 1. The first kappa shape index (κ1) is 24.2. The van der Waals surface area contributed by atoms with Gasteiger partial charge in [0.25, 0.3) is 5.91 Å². The van der Waals surface area contributed by atoms with Crippen LogP contribution in [0.15, 0.2) is 66.9 Å². The molecule has 2 aliphatic rings. The number of hydrogen-bond donors (Lipinski definition) is 1. The molecule has 0 saturated heterocycles. The lowest BCUT2D eigenvalue weighted by Crippen LogP contribution is -2.32. The van der Waals surface area contributed by atoms with E-state index < -0.39 is 17.5 Å². The van der Waals surface area contributed by atoms with Crippen molar-refractivity contribution in [3.63, 3.8) is 0 Å². The largest absolute Gasteiger partial charge is 0.493 e. The van der Waals surface area contributed by atoms with Gasteiger partial charge in [-0.25, -0.2) is 13.2 Å². The zero-order chi connectivity index (χ0) is 26.2. The molecule has 0 spiro atoms. The number of aromatic nitrogens is 1. The number of para-hydroxylation sites is 2. The van der Waals surface area contributed by atoms with E-state index in [0.717, 1.165) is 23.0 Å². The molecule has 192 valence electrons. The van der Waals surface area contributed by atoms with E-state index in [2.05, 4.69) is 10.3 Å². The number of ether oxygens (including phenoxy) is 2. The van der Waals surface area contributed by atoms with Crippen molar-refractivity contribution in [2.75, 3.05) is 19.8 Å². The minimum Gasteiger partial charge on any atom is -0.493 e. The first-order valence-electron chi connectivity index (χ1n) is 12.4. The Hall–Kier alpha value is -4.17. The van der Waals surface area contributed by atoms with Crippen LogP contribution < -0.4 is 10.1 Å².